The summed E-state index contributed by atoms with van der Waals surface area (Å²) in [6.45, 7) is 6.57. The number of aromatic nitrogens is 3. The molecule has 2 aromatic heterocycles. The Morgan fingerprint density at radius 3 is 2.56 bits per heavy atom. The molecule has 0 aliphatic carbocycles. The van der Waals surface area contributed by atoms with Crippen molar-refractivity contribution in [3.63, 3.8) is 0 Å². The fraction of sp³-hybridized carbons (Fsp3) is 0.484. The van der Waals surface area contributed by atoms with Gasteiger partial charge in [-0.2, -0.15) is 9.97 Å². The molecule has 7 nitrogen and oxygen atoms in total. The van der Waals surface area contributed by atoms with Crippen molar-refractivity contribution in [1.29, 1.82) is 0 Å². The number of ether oxygens (including phenoxy) is 1. The van der Waals surface area contributed by atoms with Crippen LogP contribution in [0.5, 0.6) is 6.01 Å². The first kappa shape index (κ1) is 23.6. The highest BCUT2D eigenvalue weighted by Gasteiger charge is 2.45. The summed E-state index contributed by atoms with van der Waals surface area (Å²) in [6.07, 6.45) is 7.05. The maximum atomic E-state index is 16.6. The zero-order valence-electron chi connectivity index (χ0n) is 22.5. The van der Waals surface area contributed by atoms with Gasteiger partial charge in [-0.3, -0.25) is 4.90 Å². The largest absolute Gasteiger partial charge is 0.461 e. The summed E-state index contributed by atoms with van der Waals surface area (Å²) < 4.78 is 23.0. The van der Waals surface area contributed by atoms with Gasteiger partial charge in [0.2, 0.25) is 0 Å². The summed E-state index contributed by atoms with van der Waals surface area (Å²) in [5.41, 5.74) is 3.82. The van der Waals surface area contributed by atoms with E-state index in [0.29, 0.717) is 35.8 Å². The molecular formula is C31H35FN6O. The van der Waals surface area contributed by atoms with Gasteiger partial charge in [0.05, 0.1) is 5.54 Å². The zero-order valence-corrected chi connectivity index (χ0v) is 22.5. The lowest BCUT2D eigenvalue weighted by Crippen LogP contribution is -2.51. The van der Waals surface area contributed by atoms with Crippen LogP contribution in [-0.2, 0) is 0 Å². The van der Waals surface area contributed by atoms with Crippen LogP contribution in [0, 0.1) is 12.7 Å². The summed E-state index contributed by atoms with van der Waals surface area (Å²) in [5, 5.41) is 5.47. The van der Waals surface area contributed by atoms with E-state index < -0.39 is 0 Å². The summed E-state index contributed by atoms with van der Waals surface area (Å²) >= 11 is 0. The first-order valence-corrected chi connectivity index (χ1v) is 14.5. The molecular weight excluding hydrogens is 491 g/mol. The molecule has 4 saturated heterocycles. The topological polar surface area (TPSA) is 69.3 Å². The Kier molecular flexibility index (Phi) is 5.39. The fourth-order valence-electron chi connectivity index (χ4n) is 7.88. The molecule has 6 heterocycles. The lowest BCUT2D eigenvalue weighted by atomic mass is 9.95. The number of benzene rings is 2. The number of H-pyrrole nitrogens is 1. The Bertz CT molecular complexity index is 1560. The first-order chi connectivity index (χ1) is 19.1. The molecule has 4 fully saturated rings. The van der Waals surface area contributed by atoms with Crippen molar-refractivity contribution in [2.75, 3.05) is 37.7 Å². The minimum Gasteiger partial charge on any atom is -0.461 e. The van der Waals surface area contributed by atoms with Crippen LogP contribution in [0.25, 0.3) is 32.9 Å². The van der Waals surface area contributed by atoms with Crippen molar-refractivity contribution >= 4 is 27.6 Å². The highest BCUT2D eigenvalue weighted by atomic mass is 19.1. The van der Waals surface area contributed by atoms with Gasteiger partial charge in [-0.15, -0.1) is 0 Å². The van der Waals surface area contributed by atoms with Gasteiger partial charge in [0.1, 0.15) is 17.9 Å². The third kappa shape index (κ3) is 3.75. The highest BCUT2D eigenvalue weighted by molar-refractivity contribution is 6.01. The van der Waals surface area contributed by atoms with Gasteiger partial charge in [-0.1, -0.05) is 24.3 Å². The van der Waals surface area contributed by atoms with Crippen LogP contribution in [-0.4, -0.2) is 70.3 Å². The quantitative estimate of drug-likeness (QED) is 0.374. The second-order valence-corrected chi connectivity index (χ2v) is 12.1. The average molecular weight is 527 g/mol. The van der Waals surface area contributed by atoms with Crippen LogP contribution in [0.3, 0.4) is 0 Å². The number of nitrogens with zero attached hydrogens (tertiary/aromatic N) is 4. The minimum atomic E-state index is -0.312. The molecule has 0 spiro atoms. The van der Waals surface area contributed by atoms with Crippen molar-refractivity contribution in [1.82, 2.24) is 25.2 Å². The number of anilines is 1. The van der Waals surface area contributed by atoms with Gasteiger partial charge < -0.3 is 19.9 Å². The van der Waals surface area contributed by atoms with Crippen LogP contribution < -0.4 is 15.0 Å². The lowest BCUT2D eigenvalue weighted by Gasteiger charge is -2.34. The summed E-state index contributed by atoms with van der Waals surface area (Å²) in [5.74, 6) is 0.482. The number of piperazine rings is 1. The van der Waals surface area contributed by atoms with Crippen LogP contribution in [0.15, 0.2) is 36.4 Å². The smallest absolute Gasteiger partial charge is 0.319 e. The Labute approximate surface area is 227 Å². The van der Waals surface area contributed by atoms with Crippen LogP contribution in [0.4, 0.5) is 10.2 Å². The van der Waals surface area contributed by atoms with E-state index in [-0.39, 0.29) is 11.4 Å². The number of rotatable bonds is 5. The molecule has 2 atom stereocenters. The van der Waals surface area contributed by atoms with Gasteiger partial charge in [0.15, 0.2) is 5.82 Å². The summed E-state index contributed by atoms with van der Waals surface area (Å²) in [7, 11) is 0. The van der Waals surface area contributed by atoms with Crippen molar-refractivity contribution in [3.05, 3.63) is 47.9 Å². The predicted molar refractivity (Wildman–Crippen MR) is 152 cm³/mol. The number of nitrogens with one attached hydrogen (secondary N) is 2. The normalized spacial score (nSPS) is 24.2. The molecule has 2 bridgehead atoms. The minimum absolute atomic E-state index is 0.0776. The average Bonchev–Trinajstić information content (AvgIpc) is 3.69. The van der Waals surface area contributed by atoms with E-state index in [2.05, 4.69) is 20.1 Å². The molecule has 4 aliphatic rings. The van der Waals surface area contributed by atoms with Gasteiger partial charge in [0.25, 0.3) is 0 Å². The SMILES string of the molecule is Cc1[nH]c2ccccc2c1-c1ccc2c(N3CC4CCC(C3)N4)nc(OCC34CCCN3CCC4)nc2c1F. The molecule has 2 N–H and O–H groups in total. The number of hydrogen-bond donors (Lipinski definition) is 2. The number of aromatic amines is 1. The van der Waals surface area contributed by atoms with Crippen LogP contribution in [0.2, 0.25) is 0 Å². The number of halogens is 1. The molecule has 202 valence electrons. The maximum Gasteiger partial charge on any atom is 0.319 e. The standard InChI is InChI=1S/C31H35FN6O/c1-19-26(22-6-2-3-7-25(22)33-19)23-10-11-24-28(27(23)32)35-30(39-18-31-12-4-14-38(31)15-5-13-31)36-29(24)37-16-20-8-9-21(17-37)34-20/h2-3,6-7,10-11,20-21,33-34H,4-5,8-9,12-18H2,1H3. The van der Waals surface area contributed by atoms with Crippen molar-refractivity contribution in [2.45, 2.75) is 63.1 Å². The Balaban J connectivity index is 1.25. The third-order valence-electron chi connectivity index (χ3n) is 9.73. The van der Waals surface area contributed by atoms with E-state index in [9.17, 15) is 0 Å². The van der Waals surface area contributed by atoms with Crippen molar-refractivity contribution in [2.24, 2.45) is 0 Å². The highest BCUT2D eigenvalue weighted by Crippen LogP contribution is 2.41. The molecule has 0 radical (unpaired) electrons. The summed E-state index contributed by atoms with van der Waals surface area (Å²) in [4.78, 5) is 18.0. The Morgan fingerprint density at radius 1 is 1.00 bits per heavy atom. The predicted octanol–water partition coefficient (Wildman–Crippen LogP) is 5.17. The monoisotopic (exact) mass is 526 g/mol. The van der Waals surface area contributed by atoms with E-state index in [1.807, 2.05) is 43.3 Å². The fourth-order valence-corrected chi connectivity index (χ4v) is 7.88. The third-order valence-corrected chi connectivity index (χ3v) is 9.73. The molecule has 39 heavy (non-hydrogen) atoms. The van der Waals surface area contributed by atoms with E-state index in [1.165, 1.54) is 25.7 Å². The van der Waals surface area contributed by atoms with Gasteiger partial charge in [-0.25, -0.2) is 4.39 Å². The lowest BCUT2D eigenvalue weighted by molar-refractivity contribution is 0.108. The van der Waals surface area contributed by atoms with Crippen molar-refractivity contribution < 1.29 is 9.13 Å². The van der Waals surface area contributed by atoms with Crippen LogP contribution >= 0.6 is 0 Å². The molecule has 2 aromatic carbocycles. The molecule has 4 aliphatic heterocycles. The second kappa shape index (κ2) is 8.89. The molecule has 0 amide bonds. The molecule has 4 aromatic rings. The van der Waals surface area contributed by atoms with Gasteiger partial charge in [0, 0.05) is 58.3 Å². The summed E-state index contributed by atoms with van der Waals surface area (Å²) in [6, 6.07) is 13.2. The Hall–Kier alpha value is -3.23. The molecule has 8 heteroatoms. The number of aryl methyl sites for hydroxylation is 1. The Morgan fingerprint density at radius 2 is 1.77 bits per heavy atom. The maximum absolute atomic E-state index is 16.6. The zero-order chi connectivity index (χ0) is 26.1. The number of fused-ring (bicyclic) bond motifs is 5. The van der Waals surface area contributed by atoms with Gasteiger partial charge >= 0.3 is 6.01 Å². The van der Waals surface area contributed by atoms with E-state index in [4.69, 9.17) is 14.7 Å². The van der Waals surface area contributed by atoms with Crippen LogP contribution in [0.1, 0.15) is 44.2 Å². The van der Waals surface area contributed by atoms with E-state index in [1.54, 1.807) is 0 Å². The molecule has 0 saturated carbocycles. The second-order valence-electron chi connectivity index (χ2n) is 12.1. The first-order valence-electron chi connectivity index (χ1n) is 14.5. The van der Waals surface area contributed by atoms with Gasteiger partial charge in [-0.05, 0) is 70.7 Å². The molecule has 8 rings (SSSR count). The number of hydrogen-bond acceptors (Lipinski definition) is 6. The number of para-hydroxylation sites is 1. The van der Waals surface area contributed by atoms with E-state index >= 15 is 4.39 Å². The molecule has 2 unspecified atom stereocenters. The van der Waals surface area contributed by atoms with Crippen molar-refractivity contribution in [3.8, 4) is 17.1 Å². The van der Waals surface area contributed by atoms with E-state index in [0.717, 1.165) is 72.4 Å².